The van der Waals surface area contributed by atoms with Crippen molar-refractivity contribution in [2.75, 3.05) is 0 Å². The number of nitrogens with one attached hydrogen (secondary N) is 1. The average molecular weight is 220 g/mol. The summed E-state index contributed by atoms with van der Waals surface area (Å²) in [6, 6.07) is -2.32. The van der Waals surface area contributed by atoms with Gasteiger partial charge in [0, 0.05) is 0 Å². The maximum absolute atomic E-state index is 11.9. The van der Waals surface area contributed by atoms with Crippen molar-refractivity contribution in [2.24, 2.45) is 11.8 Å². The number of terminal acetylenes is 1. The second kappa shape index (κ2) is 4.06. The first-order chi connectivity index (χ1) is 6.14. The van der Waals surface area contributed by atoms with Crippen LogP contribution in [0.15, 0.2) is 0 Å². The third-order valence-electron chi connectivity index (χ3n) is 1.40. The topological polar surface area (TPSA) is 38.0 Å². The maximum Gasteiger partial charge on any atom is 0.403 e. The van der Waals surface area contributed by atoms with Gasteiger partial charge in [0.05, 0.1) is 0 Å². The molecule has 0 radical (unpaired) electrons. The molecule has 0 fully saturated rings. The van der Waals surface area contributed by atoms with Crippen LogP contribution in [-0.4, -0.2) is 18.4 Å². The standard InChI is InChI=1S/C6H6F6N2/c1-2-3(14-13)4(5(7,8)9)6(10,11)12/h1,3-4,14H,13H2. The molecule has 0 saturated carbocycles. The molecule has 0 aliphatic carbocycles. The van der Waals surface area contributed by atoms with E-state index in [0.717, 1.165) is 0 Å². The number of alkyl halides is 6. The molecule has 0 aromatic carbocycles. The number of rotatable bonds is 2. The fourth-order valence-corrected chi connectivity index (χ4v) is 0.804. The molecule has 82 valence electrons. The minimum absolute atomic E-state index is 1.29. The van der Waals surface area contributed by atoms with Crippen LogP contribution in [-0.2, 0) is 0 Å². The summed E-state index contributed by atoms with van der Waals surface area (Å²) < 4.78 is 71.6. The van der Waals surface area contributed by atoms with Gasteiger partial charge < -0.3 is 0 Å². The normalized spacial score (nSPS) is 15.4. The van der Waals surface area contributed by atoms with Gasteiger partial charge in [-0.3, -0.25) is 5.84 Å². The summed E-state index contributed by atoms with van der Waals surface area (Å²) in [6.45, 7) is 0. The summed E-state index contributed by atoms with van der Waals surface area (Å²) in [5.74, 6) is 2.11. The predicted octanol–water partition coefficient (Wildman–Crippen LogP) is 1.19. The van der Waals surface area contributed by atoms with E-state index in [1.165, 1.54) is 11.3 Å². The zero-order valence-corrected chi connectivity index (χ0v) is 6.58. The molecule has 1 atom stereocenters. The van der Waals surface area contributed by atoms with Crippen LogP contribution in [0.4, 0.5) is 26.3 Å². The van der Waals surface area contributed by atoms with Gasteiger partial charge >= 0.3 is 12.4 Å². The van der Waals surface area contributed by atoms with Crippen LogP contribution in [0, 0.1) is 18.3 Å². The van der Waals surface area contributed by atoms with Crippen molar-refractivity contribution in [2.45, 2.75) is 18.4 Å². The van der Waals surface area contributed by atoms with E-state index < -0.39 is 24.3 Å². The van der Waals surface area contributed by atoms with Gasteiger partial charge in [0.15, 0.2) is 5.92 Å². The lowest BCUT2D eigenvalue weighted by Crippen LogP contribution is -2.52. The highest BCUT2D eigenvalue weighted by atomic mass is 19.4. The zero-order chi connectivity index (χ0) is 11.6. The van der Waals surface area contributed by atoms with E-state index in [-0.39, 0.29) is 0 Å². The van der Waals surface area contributed by atoms with E-state index in [9.17, 15) is 26.3 Å². The van der Waals surface area contributed by atoms with Crippen molar-refractivity contribution in [3.63, 3.8) is 0 Å². The molecular formula is C6H6F6N2. The van der Waals surface area contributed by atoms with Gasteiger partial charge in [-0.15, -0.1) is 6.42 Å². The minimum Gasteiger partial charge on any atom is -0.270 e. The quantitative estimate of drug-likeness (QED) is 0.317. The lowest BCUT2D eigenvalue weighted by atomic mass is 10.00. The Balaban J connectivity index is 5.04. The van der Waals surface area contributed by atoms with Crippen LogP contribution in [0.25, 0.3) is 0 Å². The predicted molar refractivity (Wildman–Crippen MR) is 35.5 cm³/mol. The van der Waals surface area contributed by atoms with Crippen molar-refractivity contribution in [3.8, 4) is 12.3 Å². The highest BCUT2D eigenvalue weighted by Crippen LogP contribution is 2.40. The van der Waals surface area contributed by atoms with Gasteiger partial charge in [0.25, 0.3) is 0 Å². The van der Waals surface area contributed by atoms with Gasteiger partial charge in [-0.2, -0.15) is 26.3 Å². The second-order valence-corrected chi connectivity index (χ2v) is 2.37. The summed E-state index contributed by atoms with van der Waals surface area (Å²) in [6.07, 6.45) is -6.48. The molecule has 0 amide bonds. The number of hydrazine groups is 1. The summed E-state index contributed by atoms with van der Waals surface area (Å²) in [4.78, 5) is 0. The third kappa shape index (κ3) is 3.08. The number of halogens is 6. The minimum atomic E-state index is -5.48. The van der Waals surface area contributed by atoms with Crippen LogP contribution >= 0.6 is 0 Å². The molecule has 14 heavy (non-hydrogen) atoms. The Morgan fingerprint density at radius 2 is 1.43 bits per heavy atom. The Labute approximate surface area is 75.4 Å². The first-order valence-corrected chi connectivity index (χ1v) is 3.20. The van der Waals surface area contributed by atoms with E-state index in [1.807, 2.05) is 0 Å². The number of nitrogens with two attached hydrogens (primary N) is 1. The Morgan fingerprint density at radius 1 is 1.07 bits per heavy atom. The first-order valence-electron chi connectivity index (χ1n) is 3.20. The Hall–Kier alpha value is -0.940. The van der Waals surface area contributed by atoms with Crippen molar-refractivity contribution in [3.05, 3.63) is 0 Å². The molecule has 3 N–H and O–H groups in total. The molecule has 2 nitrogen and oxygen atoms in total. The van der Waals surface area contributed by atoms with E-state index in [2.05, 4.69) is 12.3 Å². The molecule has 8 heteroatoms. The van der Waals surface area contributed by atoms with Gasteiger partial charge in [-0.05, 0) is 0 Å². The van der Waals surface area contributed by atoms with E-state index >= 15 is 0 Å². The molecule has 0 aromatic rings. The maximum atomic E-state index is 11.9. The molecule has 0 saturated heterocycles. The van der Waals surface area contributed by atoms with Crippen molar-refractivity contribution in [1.82, 2.24) is 5.43 Å². The molecule has 0 aliphatic heterocycles. The summed E-state index contributed by atoms with van der Waals surface area (Å²) >= 11 is 0. The molecule has 0 aliphatic rings. The molecule has 0 spiro atoms. The van der Waals surface area contributed by atoms with E-state index in [1.54, 1.807) is 0 Å². The van der Waals surface area contributed by atoms with Crippen LogP contribution in [0.5, 0.6) is 0 Å². The van der Waals surface area contributed by atoms with Gasteiger partial charge in [-0.25, -0.2) is 5.43 Å². The Morgan fingerprint density at radius 3 is 1.50 bits per heavy atom. The van der Waals surface area contributed by atoms with Crippen molar-refractivity contribution < 1.29 is 26.3 Å². The lowest BCUT2D eigenvalue weighted by Gasteiger charge is -2.26. The Bertz CT molecular complexity index is 210. The van der Waals surface area contributed by atoms with Crippen molar-refractivity contribution >= 4 is 0 Å². The fraction of sp³-hybridized carbons (Fsp3) is 0.667. The van der Waals surface area contributed by atoms with Crippen LogP contribution in [0.1, 0.15) is 0 Å². The van der Waals surface area contributed by atoms with Gasteiger partial charge in [0.1, 0.15) is 6.04 Å². The summed E-state index contributed by atoms with van der Waals surface area (Å²) in [5.41, 5.74) is 1.29. The average Bonchev–Trinajstić information content (AvgIpc) is 1.94. The monoisotopic (exact) mass is 220 g/mol. The molecule has 0 rings (SSSR count). The van der Waals surface area contributed by atoms with Crippen LogP contribution in [0.3, 0.4) is 0 Å². The smallest absolute Gasteiger partial charge is 0.270 e. The highest BCUT2D eigenvalue weighted by Gasteiger charge is 2.59. The second-order valence-electron chi connectivity index (χ2n) is 2.37. The first kappa shape index (κ1) is 13.1. The Kier molecular flexibility index (Phi) is 3.79. The molecular weight excluding hydrogens is 214 g/mol. The van der Waals surface area contributed by atoms with Gasteiger partial charge in [0.2, 0.25) is 0 Å². The van der Waals surface area contributed by atoms with Crippen molar-refractivity contribution in [1.29, 1.82) is 0 Å². The molecule has 1 unspecified atom stereocenters. The largest absolute Gasteiger partial charge is 0.403 e. The SMILES string of the molecule is C#CC(NN)C(C(F)(F)F)C(F)(F)F. The van der Waals surface area contributed by atoms with E-state index in [0.29, 0.717) is 0 Å². The lowest BCUT2D eigenvalue weighted by molar-refractivity contribution is -0.287. The highest BCUT2D eigenvalue weighted by molar-refractivity contribution is 5.05. The number of hydrogen-bond acceptors (Lipinski definition) is 2. The number of hydrogen-bond donors (Lipinski definition) is 2. The third-order valence-corrected chi connectivity index (χ3v) is 1.40. The van der Waals surface area contributed by atoms with Crippen LogP contribution < -0.4 is 11.3 Å². The van der Waals surface area contributed by atoms with Crippen LogP contribution in [0.2, 0.25) is 0 Å². The summed E-state index contributed by atoms with van der Waals surface area (Å²) in [7, 11) is 0. The zero-order valence-electron chi connectivity index (χ0n) is 6.58. The van der Waals surface area contributed by atoms with Gasteiger partial charge in [-0.1, -0.05) is 5.92 Å². The molecule has 0 bridgehead atoms. The fourth-order valence-electron chi connectivity index (χ4n) is 0.804. The molecule has 0 aromatic heterocycles. The summed E-state index contributed by atoms with van der Waals surface area (Å²) in [5, 5.41) is 0. The molecule has 0 heterocycles. The van der Waals surface area contributed by atoms with E-state index in [4.69, 9.17) is 0 Å².